The van der Waals surface area contributed by atoms with Crippen LogP contribution >= 0.6 is 27.3 Å². The summed E-state index contributed by atoms with van der Waals surface area (Å²) in [6.45, 7) is 2.41. The number of hydrogen-bond donors (Lipinski definition) is 2. The van der Waals surface area contributed by atoms with Gasteiger partial charge in [-0.3, -0.25) is 4.79 Å². The largest absolute Gasteiger partial charge is 0.399 e. The third-order valence-corrected chi connectivity index (χ3v) is 3.83. The van der Waals surface area contributed by atoms with Crippen molar-refractivity contribution in [2.45, 2.75) is 13.5 Å². The Bertz CT molecular complexity index is 562. The molecule has 18 heavy (non-hydrogen) atoms. The molecule has 1 aromatic carbocycles. The fourth-order valence-electron chi connectivity index (χ4n) is 1.50. The van der Waals surface area contributed by atoms with Crippen molar-refractivity contribution in [3.8, 4) is 0 Å². The van der Waals surface area contributed by atoms with Crippen LogP contribution < -0.4 is 11.1 Å². The summed E-state index contributed by atoms with van der Waals surface area (Å²) in [5, 5.41) is 2.85. The minimum Gasteiger partial charge on any atom is -0.399 e. The average molecular weight is 326 g/mol. The molecule has 3 N–H and O–H groups in total. The summed E-state index contributed by atoms with van der Waals surface area (Å²) in [6.07, 6.45) is 0. The van der Waals surface area contributed by atoms with Gasteiger partial charge in [-0.05, 0) is 25.1 Å². The van der Waals surface area contributed by atoms with Crippen LogP contribution in [0.15, 0.2) is 28.2 Å². The number of nitrogens with two attached hydrogens (primary N) is 1. The number of nitrogens with zero attached hydrogens (tertiary/aromatic N) is 1. The van der Waals surface area contributed by atoms with Crippen molar-refractivity contribution in [3.63, 3.8) is 0 Å². The zero-order valence-electron chi connectivity index (χ0n) is 9.74. The number of hydrogen-bond acceptors (Lipinski definition) is 4. The molecule has 6 heteroatoms. The number of carbonyl (C=O) groups excluding carboxylic acids is 1. The minimum absolute atomic E-state index is 0.143. The number of thiazole rings is 1. The van der Waals surface area contributed by atoms with Gasteiger partial charge in [-0.25, -0.2) is 4.98 Å². The Morgan fingerprint density at radius 3 is 2.89 bits per heavy atom. The molecule has 94 valence electrons. The zero-order chi connectivity index (χ0) is 13.1. The molecule has 4 nitrogen and oxygen atoms in total. The molecule has 0 saturated heterocycles. The van der Waals surface area contributed by atoms with Crippen LogP contribution in [0.2, 0.25) is 0 Å². The molecule has 0 saturated carbocycles. The van der Waals surface area contributed by atoms with Crippen molar-refractivity contribution in [3.05, 3.63) is 44.3 Å². The van der Waals surface area contributed by atoms with Crippen LogP contribution in [0.25, 0.3) is 0 Å². The van der Waals surface area contributed by atoms with E-state index in [0.29, 0.717) is 17.8 Å². The molecular weight excluding hydrogens is 314 g/mol. The lowest BCUT2D eigenvalue weighted by Crippen LogP contribution is -2.22. The van der Waals surface area contributed by atoms with Crippen LogP contribution in [-0.2, 0) is 6.54 Å². The van der Waals surface area contributed by atoms with E-state index >= 15 is 0 Å². The standard InChI is InChI=1S/C12H12BrN3OS/c1-7-11(18-6-16-7)5-15-12(17)8-2-9(13)4-10(14)3-8/h2-4,6H,5,14H2,1H3,(H,15,17). The summed E-state index contributed by atoms with van der Waals surface area (Å²) < 4.78 is 0.793. The second-order valence-electron chi connectivity index (χ2n) is 3.82. The van der Waals surface area contributed by atoms with Gasteiger partial charge in [0.25, 0.3) is 5.91 Å². The molecule has 2 aromatic rings. The first-order valence-electron chi connectivity index (χ1n) is 5.29. The summed E-state index contributed by atoms with van der Waals surface area (Å²) in [5.74, 6) is -0.143. The lowest BCUT2D eigenvalue weighted by atomic mass is 10.2. The van der Waals surface area contributed by atoms with Gasteiger partial charge in [0, 0.05) is 20.6 Å². The number of halogens is 1. The van der Waals surface area contributed by atoms with Crippen LogP contribution in [-0.4, -0.2) is 10.9 Å². The number of nitrogens with one attached hydrogen (secondary N) is 1. The van der Waals surface area contributed by atoms with Gasteiger partial charge in [0.05, 0.1) is 17.7 Å². The maximum atomic E-state index is 12.0. The van der Waals surface area contributed by atoms with Crippen molar-refractivity contribution in [1.29, 1.82) is 0 Å². The highest BCUT2D eigenvalue weighted by molar-refractivity contribution is 9.10. The molecule has 0 radical (unpaired) electrons. The lowest BCUT2D eigenvalue weighted by Gasteiger charge is -2.06. The molecule has 0 fully saturated rings. The van der Waals surface area contributed by atoms with Crippen molar-refractivity contribution < 1.29 is 4.79 Å². The number of carbonyl (C=O) groups is 1. The lowest BCUT2D eigenvalue weighted by molar-refractivity contribution is 0.0951. The molecule has 0 atom stereocenters. The predicted octanol–water partition coefficient (Wildman–Crippen LogP) is 2.73. The van der Waals surface area contributed by atoms with E-state index in [4.69, 9.17) is 5.73 Å². The Hall–Kier alpha value is -1.40. The fourth-order valence-corrected chi connectivity index (χ4v) is 2.73. The second kappa shape index (κ2) is 5.49. The number of amides is 1. The maximum absolute atomic E-state index is 12.0. The quantitative estimate of drug-likeness (QED) is 0.852. The minimum atomic E-state index is -0.143. The normalized spacial score (nSPS) is 10.3. The second-order valence-corrected chi connectivity index (χ2v) is 5.67. The third kappa shape index (κ3) is 3.08. The van der Waals surface area contributed by atoms with Gasteiger partial charge >= 0.3 is 0 Å². The first-order valence-corrected chi connectivity index (χ1v) is 6.97. The molecule has 1 heterocycles. The number of rotatable bonds is 3. The molecule has 0 aliphatic heterocycles. The molecule has 0 bridgehead atoms. The summed E-state index contributed by atoms with van der Waals surface area (Å²) in [6, 6.07) is 5.15. The van der Waals surface area contributed by atoms with E-state index in [-0.39, 0.29) is 5.91 Å². The Morgan fingerprint density at radius 1 is 1.50 bits per heavy atom. The van der Waals surface area contributed by atoms with Gasteiger partial charge in [-0.2, -0.15) is 0 Å². The van der Waals surface area contributed by atoms with Crippen LogP contribution in [0.1, 0.15) is 20.9 Å². The van der Waals surface area contributed by atoms with Crippen LogP contribution in [0.3, 0.4) is 0 Å². The van der Waals surface area contributed by atoms with Gasteiger partial charge in [0.15, 0.2) is 0 Å². The highest BCUT2D eigenvalue weighted by Crippen LogP contribution is 2.17. The Morgan fingerprint density at radius 2 is 2.28 bits per heavy atom. The van der Waals surface area contributed by atoms with Gasteiger partial charge < -0.3 is 11.1 Å². The van der Waals surface area contributed by atoms with Crippen molar-refractivity contribution >= 4 is 38.9 Å². The van der Waals surface area contributed by atoms with E-state index in [1.807, 2.05) is 6.92 Å². The molecular formula is C12H12BrN3OS. The van der Waals surface area contributed by atoms with E-state index in [2.05, 4.69) is 26.2 Å². The Kier molecular flexibility index (Phi) is 3.98. The first kappa shape index (κ1) is 13.0. The monoisotopic (exact) mass is 325 g/mol. The van der Waals surface area contributed by atoms with E-state index in [1.165, 1.54) is 11.3 Å². The van der Waals surface area contributed by atoms with Crippen molar-refractivity contribution in [2.24, 2.45) is 0 Å². The number of aromatic nitrogens is 1. The van der Waals surface area contributed by atoms with E-state index in [9.17, 15) is 4.79 Å². The average Bonchev–Trinajstić information content (AvgIpc) is 2.70. The molecule has 2 rings (SSSR count). The highest BCUT2D eigenvalue weighted by atomic mass is 79.9. The van der Waals surface area contributed by atoms with Gasteiger partial charge in [0.2, 0.25) is 0 Å². The third-order valence-electron chi connectivity index (χ3n) is 2.44. The van der Waals surface area contributed by atoms with Gasteiger partial charge in [-0.15, -0.1) is 11.3 Å². The van der Waals surface area contributed by atoms with Crippen molar-refractivity contribution in [2.75, 3.05) is 5.73 Å². The number of nitrogen functional groups attached to an aromatic ring is 1. The Labute approximate surface area is 117 Å². The van der Waals surface area contributed by atoms with E-state index in [1.54, 1.807) is 23.7 Å². The van der Waals surface area contributed by atoms with E-state index in [0.717, 1.165) is 15.0 Å². The summed E-state index contributed by atoms with van der Waals surface area (Å²) >= 11 is 4.85. The summed E-state index contributed by atoms with van der Waals surface area (Å²) in [5.41, 5.74) is 9.52. The topological polar surface area (TPSA) is 68.0 Å². The van der Waals surface area contributed by atoms with Crippen molar-refractivity contribution in [1.82, 2.24) is 10.3 Å². The molecule has 0 unspecified atom stereocenters. The summed E-state index contributed by atoms with van der Waals surface area (Å²) in [7, 11) is 0. The van der Waals surface area contributed by atoms with Crippen LogP contribution in [0.4, 0.5) is 5.69 Å². The van der Waals surface area contributed by atoms with Gasteiger partial charge in [0.1, 0.15) is 0 Å². The molecule has 0 aliphatic rings. The predicted molar refractivity (Wildman–Crippen MR) is 76.6 cm³/mol. The van der Waals surface area contributed by atoms with E-state index < -0.39 is 0 Å². The number of benzene rings is 1. The molecule has 1 amide bonds. The SMILES string of the molecule is Cc1ncsc1CNC(=O)c1cc(N)cc(Br)c1. The van der Waals surface area contributed by atoms with Gasteiger partial charge in [-0.1, -0.05) is 15.9 Å². The fraction of sp³-hybridized carbons (Fsp3) is 0.167. The smallest absolute Gasteiger partial charge is 0.251 e. The Balaban J connectivity index is 2.06. The number of anilines is 1. The molecule has 0 spiro atoms. The molecule has 1 aromatic heterocycles. The first-order chi connectivity index (χ1) is 8.56. The highest BCUT2D eigenvalue weighted by Gasteiger charge is 2.08. The maximum Gasteiger partial charge on any atom is 0.251 e. The zero-order valence-corrected chi connectivity index (χ0v) is 12.1. The van der Waals surface area contributed by atoms with Crippen LogP contribution in [0.5, 0.6) is 0 Å². The summed E-state index contributed by atoms with van der Waals surface area (Å²) in [4.78, 5) is 17.1. The molecule has 0 aliphatic carbocycles. The number of aryl methyl sites for hydroxylation is 1. The van der Waals surface area contributed by atoms with Crippen LogP contribution in [0, 0.1) is 6.92 Å².